The normalized spacial score (nSPS) is 21.5. The first-order valence-electron chi connectivity index (χ1n) is 4.75. The van der Waals surface area contributed by atoms with Gasteiger partial charge >= 0.3 is 0 Å². The van der Waals surface area contributed by atoms with Crippen molar-refractivity contribution in [3.8, 4) is 0 Å². The molecule has 0 spiro atoms. The Labute approximate surface area is 74.7 Å². The van der Waals surface area contributed by atoms with E-state index in [4.69, 9.17) is 10.5 Å². The van der Waals surface area contributed by atoms with Crippen molar-refractivity contribution in [2.24, 2.45) is 5.73 Å². The van der Waals surface area contributed by atoms with Crippen LogP contribution in [0.3, 0.4) is 0 Å². The molecule has 1 rings (SSSR count). The summed E-state index contributed by atoms with van der Waals surface area (Å²) in [6.07, 6.45) is 4.94. The molecule has 1 fully saturated rings. The third-order valence-electron chi connectivity index (χ3n) is 2.56. The molecule has 0 aromatic heterocycles. The van der Waals surface area contributed by atoms with Gasteiger partial charge in [0, 0.05) is 25.7 Å². The molecule has 1 saturated carbocycles. The SMILES string of the molecule is COCCNCC1(N)CCCC1. The second-order valence-corrected chi connectivity index (χ2v) is 3.74. The zero-order valence-electron chi connectivity index (χ0n) is 7.94. The van der Waals surface area contributed by atoms with Gasteiger partial charge in [0.15, 0.2) is 0 Å². The van der Waals surface area contributed by atoms with Gasteiger partial charge in [-0.25, -0.2) is 0 Å². The Morgan fingerprint density at radius 1 is 1.42 bits per heavy atom. The summed E-state index contributed by atoms with van der Waals surface area (Å²) < 4.78 is 4.94. The lowest BCUT2D eigenvalue weighted by atomic mass is 9.99. The molecule has 0 aliphatic heterocycles. The van der Waals surface area contributed by atoms with Crippen LogP contribution >= 0.6 is 0 Å². The van der Waals surface area contributed by atoms with Crippen molar-refractivity contribution >= 4 is 0 Å². The first-order chi connectivity index (χ1) is 5.77. The van der Waals surface area contributed by atoms with Crippen LogP contribution in [0.4, 0.5) is 0 Å². The van der Waals surface area contributed by atoms with Crippen LogP contribution in [-0.2, 0) is 4.74 Å². The molecule has 0 saturated heterocycles. The standard InChI is InChI=1S/C9H20N2O/c1-12-7-6-11-8-9(10)4-2-3-5-9/h11H,2-8,10H2,1H3. The summed E-state index contributed by atoms with van der Waals surface area (Å²) in [7, 11) is 1.72. The summed E-state index contributed by atoms with van der Waals surface area (Å²) in [4.78, 5) is 0. The fraction of sp³-hybridized carbons (Fsp3) is 1.00. The van der Waals surface area contributed by atoms with Gasteiger partial charge in [-0.3, -0.25) is 0 Å². The molecule has 12 heavy (non-hydrogen) atoms. The van der Waals surface area contributed by atoms with E-state index < -0.39 is 0 Å². The minimum Gasteiger partial charge on any atom is -0.383 e. The van der Waals surface area contributed by atoms with Gasteiger partial charge in [-0.1, -0.05) is 12.8 Å². The third-order valence-corrected chi connectivity index (χ3v) is 2.56. The molecule has 0 amide bonds. The summed E-state index contributed by atoms with van der Waals surface area (Å²) in [6, 6.07) is 0. The maximum Gasteiger partial charge on any atom is 0.0587 e. The number of hydrogen-bond acceptors (Lipinski definition) is 3. The third kappa shape index (κ3) is 3.09. The smallest absolute Gasteiger partial charge is 0.0587 e. The molecule has 0 bridgehead atoms. The highest BCUT2D eigenvalue weighted by molar-refractivity contribution is 4.90. The zero-order chi connectivity index (χ0) is 8.86. The zero-order valence-corrected chi connectivity index (χ0v) is 7.94. The maximum absolute atomic E-state index is 6.14. The molecule has 3 N–H and O–H groups in total. The number of hydrogen-bond donors (Lipinski definition) is 2. The lowest BCUT2D eigenvalue weighted by molar-refractivity contribution is 0.196. The van der Waals surface area contributed by atoms with E-state index in [1.165, 1.54) is 25.7 Å². The Hall–Kier alpha value is -0.120. The summed E-state index contributed by atoms with van der Waals surface area (Å²) in [5.41, 5.74) is 6.22. The van der Waals surface area contributed by atoms with Crippen LogP contribution in [-0.4, -0.2) is 32.3 Å². The van der Waals surface area contributed by atoms with Crippen LogP contribution in [0.25, 0.3) is 0 Å². The molecule has 0 radical (unpaired) electrons. The topological polar surface area (TPSA) is 47.3 Å². The molecule has 0 aromatic rings. The number of ether oxygens (including phenoxy) is 1. The van der Waals surface area contributed by atoms with E-state index in [0.29, 0.717) is 0 Å². The molecule has 72 valence electrons. The van der Waals surface area contributed by atoms with Gasteiger partial charge in [-0.15, -0.1) is 0 Å². The summed E-state index contributed by atoms with van der Waals surface area (Å²) >= 11 is 0. The van der Waals surface area contributed by atoms with Crippen molar-refractivity contribution < 1.29 is 4.74 Å². The van der Waals surface area contributed by atoms with Crippen LogP contribution < -0.4 is 11.1 Å². The molecular weight excluding hydrogens is 152 g/mol. The lowest BCUT2D eigenvalue weighted by Crippen LogP contribution is -2.46. The molecule has 0 heterocycles. The van der Waals surface area contributed by atoms with Crippen LogP contribution in [0.2, 0.25) is 0 Å². The minimum absolute atomic E-state index is 0.0771. The first-order valence-corrected chi connectivity index (χ1v) is 4.75. The number of nitrogens with two attached hydrogens (primary N) is 1. The van der Waals surface area contributed by atoms with Crippen LogP contribution in [0, 0.1) is 0 Å². The Kier molecular flexibility index (Phi) is 3.98. The van der Waals surface area contributed by atoms with E-state index in [1.807, 2.05) is 0 Å². The fourth-order valence-corrected chi connectivity index (χ4v) is 1.77. The second-order valence-electron chi connectivity index (χ2n) is 3.74. The molecule has 1 aliphatic rings. The number of rotatable bonds is 5. The molecule has 0 atom stereocenters. The molecule has 0 aromatic carbocycles. The molecule has 1 aliphatic carbocycles. The molecule has 0 unspecified atom stereocenters. The largest absolute Gasteiger partial charge is 0.383 e. The number of nitrogens with one attached hydrogen (secondary N) is 1. The van der Waals surface area contributed by atoms with Gasteiger partial charge < -0.3 is 15.8 Å². The quantitative estimate of drug-likeness (QED) is 0.593. The van der Waals surface area contributed by atoms with E-state index in [0.717, 1.165) is 19.7 Å². The van der Waals surface area contributed by atoms with Crippen molar-refractivity contribution in [3.63, 3.8) is 0 Å². The number of methoxy groups -OCH3 is 1. The Morgan fingerprint density at radius 2 is 2.08 bits per heavy atom. The molecular formula is C9H20N2O. The predicted octanol–water partition coefficient (Wildman–Crippen LogP) is 0.494. The highest BCUT2D eigenvalue weighted by Gasteiger charge is 2.28. The first kappa shape index (κ1) is 9.96. The molecule has 3 heteroatoms. The second kappa shape index (κ2) is 4.80. The predicted molar refractivity (Wildman–Crippen MR) is 50.1 cm³/mol. The highest BCUT2D eigenvalue weighted by Crippen LogP contribution is 2.26. The minimum atomic E-state index is 0.0771. The average Bonchev–Trinajstić information content (AvgIpc) is 2.47. The van der Waals surface area contributed by atoms with Crippen molar-refractivity contribution in [1.29, 1.82) is 0 Å². The van der Waals surface area contributed by atoms with Gasteiger partial charge in [0.05, 0.1) is 6.61 Å². The van der Waals surface area contributed by atoms with Crippen molar-refractivity contribution in [2.45, 2.75) is 31.2 Å². The Bertz CT molecular complexity index is 122. The van der Waals surface area contributed by atoms with E-state index in [-0.39, 0.29) is 5.54 Å². The average molecular weight is 172 g/mol. The summed E-state index contributed by atoms with van der Waals surface area (Å²) in [5, 5.41) is 3.32. The van der Waals surface area contributed by atoms with Gasteiger partial charge in [0.1, 0.15) is 0 Å². The van der Waals surface area contributed by atoms with E-state index in [2.05, 4.69) is 5.32 Å². The Morgan fingerprint density at radius 3 is 2.67 bits per heavy atom. The van der Waals surface area contributed by atoms with Gasteiger partial charge in [-0.05, 0) is 12.8 Å². The summed E-state index contributed by atoms with van der Waals surface area (Å²) in [6.45, 7) is 2.63. The molecule has 3 nitrogen and oxygen atoms in total. The van der Waals surface area contributed by atoms with E-state index >= 15 is 0 Å². The van der Waals surface area contributed by atoms with Crippen LogP contribution in [0.5, 0.6) is 0 Å². The van der Waals surface area contributed by atoms with Crippen molar-refractivity contribution in [1.82, 2.24) is 5.32 Å². The monoisotopic (exact) mass is 172 g/mol. The Balaban J connectivity index is 2.05. The fourth-order valence-electron chi connectivity index (χ4n) is 1.77. The van der Waals surface area contributed by atoms with E-state index in [1.54, 1.807) is 7.11 Å². The van der Waals surface area contributed by atoms with Crippen molar-refractivity contribution in [2.75, 3.05) is 26.8 Å². The highest BCUT2D eigenvalue weighted by atomic mass is 16.5. The van der Waals surface area contributed by atoms with E-state index in [9.17, 15) is 0 Å². The van der Waals surface area contributed by atoms with Crippen LogP contribution in [0.15, 0.2) is 0 Å². The lowest BCUT2D eigenvalue weighted by Gasteiger charge is -2.23. The summed E-state index contributed by atoms with van der Waals surface area (Å²) in [5.74, 6) is 0. The van der Waals surface area contributed by atoms with Gasteiger partial charge in [0.25, 0.3) is 0 Å². The van der Waals surface area contributed by atoms with Gasteiger partial charge in [-0.2, -0.15) is 0 Å². The van der Waals surface area contributed by atoms with Gasteiger partial charge in [0.2, 0.25) is 0 Å². The maximum atomic E-state index is 6.14. The van der Waals surface area contributed by atoms with Crippen molar-refractivity contribution in [3.05, 3.63) is 0 Å². The van der Waals surface area contributed by atoms with Crippen LogP contribution in [0.1, 0.15) is 25.7 Å².